The zero-order valence-corrected chi connectivity index (χ0v) is 19.2. The second-order valence-corrected chi connectivity index (χ2v) is 9.09. The van der Waals surface area contributed by atoms with Crippen LogP contribution >= 0.6 is 11.8 Å². The number of hydrogen-bond acceptors (Lipinski definition) is 6. The zero-order chi connectivity index (χ0) is 21.2. The first-order valence-corrected chi connectivity index (χ1v) is 10.5. The molecule has 0 aliphatic heterocycles. The first kappa shape index (κ1) is 30.1. The van der Waals surface area contributed by atoms with E-state index in [0.29, 0.717) is 10.7 Å². The summed E-state index contributed by atoms with van der Waals surface area (Å²) in [6.07, 6.45) is 5.58. The van der Waals surface area contributed by atoms with Crippen LogP contribution in [0.1, 0.15) is 80.8 Å². The maximum Gasteiger partial charge on any atom is 0.0883 e. The van der Waals surface area contributed by atoms with Crippen LogP contribution in [-0.2, 0) is 12.3 Å². The molecule has 1 heterocycles. The molecule has 0 saturated carbocycles. The maximum atomic E-state index is 7.57. The molecule has 3 N–H and O–H groups in total. The van der Waals surface area contributed by atoms with Gasteiger partial charge in [-0.2, -0.15) is 0 Å². The van der Waals surface area contributed by atoms with E-state index in [9.17, 15) is 0 Å². The number of aliphatic hydroxyl groups is 1. The van der Waals surface area contributed by atoms with Crippen molar-refractivity contribution in [2.75, 3.05) is 6.61 Å². The van der Waals surface area contributed by atoms with Crippen LogP contribution in [0.15, 0.2) is 6.20 Å². The van der Waals surface area contributed by atoms with Crippen LogP contribution in [0.3, 0.4) is 0 Å². The van der Waals surface area contributed by atoms with Gasteiger partial charge in [-0.05, 0) is 31.1 Å². The number of aromatic nitrogens is 3. The van der Waals surface area contributed by atoms with E-state index in [0.717, 1.165) is 23.9 Å². The van der Waals surface area contributed by atoms with E-state index in [2.05, 4.69) is 71.9 Å². The van der Waals surface area contributed by atoms with Crippen LogP contribution in [0.25, 0.3) is 0 Å². The van der Waals surface area contributed by atoms with Gasteiger partial charge in [0.05, 0.1) is 11.6 Å². The Morgan fingerprint density at radius 3 is 1.96 bits per heavy atom. The topological polar surface area (TPSA) is 91.4 Å². The molecule has 158 valence electrons. The van der Waals surface area contributed by atoms with Gasteiger partial charge in [-0.25, -0.2) is 4.68 Å². The summed E-state index contributed by atoms with van der Waals surface area (Å²) in [6, 6.07) is 0. The highest BCUT2D eigenvalue weighted by molar-refractivity contribution is 7.98. The molecule has 0 bridgehead atoms. The van der Waals surface area contributed by atoms with Crippen molar-refractivity contribution < 1.29 is 15.6 Å². The van der Waals surface area contributed by atoms with Gasteiger partial charge in [-0.15, -0.1) is 16.9 Å². The van der Waals surface area contributed by atoms with Gasteiger partial charge in [-0.3, -0.25) is 10.5 Å². The molecule has 0 atom stereocenters. The lowest BCUT2D eigenvalue weighted by Crippen LogP contribution is -2.17. The molecule has 0 saturated heterocycles. The normalized spacial score (nSPS) is 10.4. The SMILES string of the molecule is CC(C)CC(C)(C)Cc1cn(CSC(C)C)nn1.CCC.CCO.OO. The Labute approximate surface area is 165 Å². The second kappa shape index (κ2) is 19.1. The fraction of sp³-hybridized carbons (Fsp3) is 0.895. The van der Waals surface area contributed by atoms with E-state index in [-0.39, 0.29) is 6.61 Å². The summed E-state index contributed by atoms with van der Waals surface area (Å²) < 4.78 is 1.95. The molecule has 0 amide bonds. The molecule has 26 heavy (non-hydrogen) atoms. The van der Waals surface area contributed by atoms with E-state index in [1.165, 1.54) is 12.8 Å². The first-order chi connectivity index (χ1) is 12.1. The molecule has 0 aliphatic carbocycles. The average molecular weight is 394 g/mol. The Morgan fingerprint density at radius 1 is 1.12 bits per heavy atom. The molecular weight excluding hydrogens is 350 g/mol. The lowest BCUT2D eigenvalue weighted by molar-refractivity contribution is -0.176. The third-order valence-electron chi connectivity index (χ3n) is 2.75. The van der Waals surface area contributed by atoms with E-state index in [1.807, 2.05) is 16.4 Å². The summed E-state index contributed by atoms with van der Waals surface area (Å²) >= 11 is 1.89. The molecular formula is C19H43N3O3S. The molecule has 0 aliphatic rings. The first-order valence-electron chi connectivity index (χ1n) is 9.43. The van der Waals surface area contributed by atoms with Crippen LogP contribution in [0.4, 0.5) is 0 Å². The Hall–Kier alpha value is -0.630. The Morgan fingerprint density at radius 2 is 1.58 bits per heavy atom. The summed E-state index contributed by atoms with van der Waals surface area (Å²) in [4.78, 5) is 0. The predicted molar refractivity (Wildman–Crippen MR) is 114 cm³/mol. The molecule has 6 nitrogen and oxygen atoms in total. The van der Waals surface area contributed by atoms with Gasteiger partial charge in [-0.1, -0.05) is 67.0 Å². The van der Waals surface area contributed by atoms with E-state index in [1.54, 1.807) is 6.92 Å². The molecule has 7 heteroatoms. The highest BCUT2D eigenvalue weighted by atomic mass is 32.2. The fourth-order valence-electron chi connectivity index (χ4n) is 2.38. The number of hydrogen-bond donors (Lipinski definition) is 3. The number of nitrogens with zero attached hydrogens (tertiary/aromatic N) is 3. The molecule has 1 aromatic rings. The minimum Gasteiger partial charge on any atom is -0.397 e. The van der Waals surface area contributed by atoms with Crippen molar-refractivity contribution in [2.45, 2.75) is 92.7 Å². The Kier molecular flexibility index (Phi) is 22.2. The van der Waals surface area contributed by atoms with Crippen molar-refractivity contribution in [1.82, 2.24) is 15.0 Å². The summed E-state index contributed by atoms with van der Waals surface area (Å²) in [6.45, 7) is 19.8. The molecule has 1 aromatic heterocycles. The van der Waals surface area contributed by atoms with Crippen molar-refractivity contribution in [1.29, 1.82) is 0 Å². The van der Waals surface area contributed by atoms with Gasteiger partial charge in [0, 0.05) is 18.1 Å². The van der Waals surface area contributed by atoms with Crippen LogP contribution < -0.4 is 0 Å². The van der Waals surface area contributed by atoms with Crippen molar-refractivity contribution in [3.63, 3.8) is 0 Å². The van der Waals surface area contributed by atoms with Crippen molar-refractivity contribution in [2.24, 2.45) is 11.3 Å². The van der Waals surface area contributed by atoms with E-state index in [4.69, 9.17) is 15.6 Å². The Bertz CT molecular complexity index is 395. The quantitative estimate of drug-likeness (QED) is 0.423. The zero-order valence-electron chi connectivity index (χ0n) is 18.4. The largest absolute Gasteiger partial charge is 0.397 e. The molecule has 0 fully saturated rings. The van der Waals surface area contributed by atoms with E-state index < -0.39 is 0 Å². The van der Waals surface area contributed by atoms with Crippen LogP contribution in [0.5, 0.6) is 0 Å². The highest BCUT2D eigenvalue weighted by Crippen LogP contribution is 2.28. The molecule has 1 rings (SSSR count). The van der Waals surface area contributed by atoms with Crippen LogP contribution in [-0.4, -0.2) is 42.5 Å². The summed E-state index contributed by atoms with van der Waals surface area (Å²) in [7, 11) is 0. The lowest BCUT2D eigenvalue weighted by atomic mass is 9.80. The van der Waals surface area contributed by atoms with Gasteiger partial charge in [0.25, 0.3) is 0 Å². The van der Waals surface area contributed by atoms with Crippen molar-refractivity contribution in [3.05, 3.63) is 11.9 Å². The summed E-state index contributed by atoms with van der Waals surface area (Å²) in [5.41, 5.74) is 1.42. The lowest BCUT2D eigenvalue weighted by Gasteiger charge is -2.25. The third kappa shape index (κ3) is 21.4. The van der Waals surface area contributed by atoms with Crippen LogP contribution in [0, 0.1) is 11.3 Å². The van der Waals surface area contributed by atoms with Crippen molar-refractivity contribution in [3.8, 4) is 0 Å². The second-order valence-electron chi connectivity index (χ2n) is 7.56. The summed E-state index contributed by atoms with van der Waals surface area (Å²) in [5.74, 6) is 1.63. The van der Waals surface area contributed by atoms with Gasteiger partial charge >= 0.3 is 0 Å². The van der Waals surface area contributed by atoms with Crippen molar-refractivity contribution >= 4 is 11.8 Å². The predicted octanol–water partition coefficient (Wildman–Crippen LogP) is 5.42. The molecule has 0 radical (unpaired) electrons. The summed E-state index contributed by atoms with van der Waals surface area (Å²) in [5, 5.41) is 28.7. The van der Waals surface area contributed by atoms with Gasteiger partial charge in [0.2, 0.25) is 0 Å². The number of aliphatic hydroxyl groups excluding tert-OH is 1. The highest BCUT2D eigenvalue weighted by Gasteiger charge is 2.21. The maximum absolute atomic E-state index is 7.57. The molecule has 0 aromatic carbocycles. The molecule has 0 spiro atoms. The monoisotopic (exact) mass is 393 g/mol. The standard InChI is InChI=1S/C14H27N3S.C3H8.C2H6O.H2O2/c1-11(2)7-14(5,6)8-13-9-17(16-15-13)10-18-12(3)4;1-3-2;1-2-3;1-2/h9,11-12H,7-8,10H2,1-6H3;3H2,1-2H3;3H,2H2,1H3;1-2H. The fourth-order valence-corrected chi connectivity index (χ4v) is 2.95. The minimum absolute atomic E-state index is 0.250. The Balaban J connectivity index is -0.000000567. The smallest absolute Gasteiger partial charge is 0.0883 e. The van der Waals surface area contributed by atoms with Gasteiger partial charge < -0.3 is 5.11 Å². The average Bonchev–Trinajstić information content (AvgIpc) is 2.94. The number of rotatable bonds is 7. The minimum atomic E-state index is 0.250. The van der Waals surface area contributed by atoms with Crippen LogP contribution in [0.2, 0.25) is 0 Å². The van der Waals surface area contributed by atoms with Gasteiger partial charge in [0.15, 0.2) is 0 Å². The van der Waals surface area contributed by atoms with E-state index >= 15 is 0 Å². The molecule has 0 unspecified atom stereocenters. The third-order valence-corrected chi connectivity index (χ3v) is 3.83. The van der Waals surface area contributed by atoms with Gasteiger partial charge in [0.1, 0.15) is 0 Å². The number of thioether (sulfide) groups is 1.